The van der Waals surface area contributed by atoms with Gasteiger partial charge in [0.15, 0.2) is 0 Å². The van der Waals surface area contributed by atoms with Crippen LogP contribution in [0.15, 0.2) is 30.3 Å². The number of carboxylic acid groups (broad SMARTS) is 3. The molecule has 0 saturated carbocycles. The van der Waals surface area contributed by atoms with E-state index in [-0.39, 0.29) is 19.4 Å². The number of urea groups is 1. The van der Waals surface area contributed by atoms with E-state index in [4.69, 9.17) is 14.9 Å². The maximum atomic E-state index is 12.0. The van der Waals surface area contributed by atoms with E-state index in [2.05, 4.69) is 10.6 Å². The Hall–Kier alpha value is -3.83. The van der Waals surface area contributed by atoms with Crippen molar-refractivity contribution in [2.45, 2.75) is 50.8 Å². The third-order valence-electron chi connectivity index (χ3n) is 4.61. The van der Waals surface area contributed by atoms with Crippen molar-refractivity contribution in [3.8, 4) is 0 Å². The minimum absolute atomic E-state index is 0.0442. The summed E-state index contributed by atoms with van der Waals surface area (Å²) >= 11 is 0. The number of hydrogen-bond acceptors (Lipinski definition) is 6. The third-order valence-corrected chi connectivity index (χ3v) is 4.61. The number of benzene rings is 1. The fourth-order valence-corrected chi connectivity index (χ4v) is 2.76. The Labute approximate surface area is 190 Å². The number of rotatable bonds is 14. The molecule has 0 spiro atoms. The predicted molar refractivity (Wildman–Crippen MR) is 114 cm³/mol. The molecule has 0 radical (unpaired) electrons. The zero-order valence-corrected chi connectivity index (χ0v) is 18.2. The van der Waals surface area contributed by atoms with Gasteiger partial charge < -0.3 is 35.6 Å². The van der Waals surface area contributed by atoms with Crippen LogP contribution in [0.4, 0.5) is 9.59 Å². The molecule has 0 aliphatic rings. The van der Waals surface area contributed by atoms with Gasteiger partial charge in [-0.2, -0.15) is 0 Å². The second-order valence-electron chi connectivity index (χ2n) is 7.29. The number of hydrogen-bond donors (Lipinski definition) is 5. The SMILES string of the molecule is CN(CCCCC(NC(=O)NC(CCC(=O)O)C(=O)O)C(=O)O)C(=O)OCc1ccccc1. The van der Waals surface area contributed by atoms with Crippen molar-refractivity contribution in [1.29, 1.82) is 0 Å². The van der Waals surface area contributed by atoms with Crippen molar-refractivity contribution in [2.24, 2.45) is 0 Å². The Morgan fingerprint density at radius 2 is 1.48 bits per heavy atom. The van der Waals surface area contributed by atoms with E-state index >= 15 is 0 Å². The number of unbranched alkanes of at least 4 members (excludes halogenated alkanes) is 1. The van der Waals surface area contributed by atoms with Gasteiger partial charge in [0, 0.05) is 20.0 Å². The summed E-state index contributed by atoms with van der Waals surface area (Å²) in [5, 5.41) is 31.2. The van der Waals surface area contributed by atoms with Crippen LogP contribution in [0.2, 0.25) is 0 Å². The van der Waals surface area contributed by atoms with Crippen molar-refractivity contribution in [3.63, 3.8) is 0 Å². The van der Waals surface area contributed by atoms with E-state index in [0.29, 0.717) is 19.4 Å². The third kappa shape index (κ3) is 11.4. The molecule has 0 aromatic heterocycles. The van der Waals surface area contributed by atoms with Gasteiger partial charge in [-0.25, -0.2) is 19.2 Å². The zero-order chi connectivity index (χ0) is 24.8. The first kappa shape index (κ1) is 27.2. The molecular formula is C21H29N3O9. The number of carbonyl (C=O) groups is 5. The zero-order valence-electron chi connectivity index (χ0n) is 18.2. The van der Waals surface area contributed by atoms with Crippen molar-refractivity contribution >= 4 is 30.0 Å². The lowest BCUT2D eigenvalue weighted by Gasteiger charge is -2.19. The molecule has 0 aliphatic heterocycles. The summed E-state index contributed by atoms with van der Waals surface area (Å²) in [4.78, 5) is 58.5. The van der Waals surface area contributed by atoms with Crippen LogP contribution in [0.1, 0.15) is 37.7 Å². The van der Waals surface area contributed by atoms with Gasteiger partial charge in [-0.05, 0) is 31.2 Å². The highest BCUT2D eigenvalue weighted by molar-refractivity contribution is 5.86. The molecule has 0 heterocycles. The first-order valence-electron chi connectivity index (χ1n) is 10.3. The molecule has 33 heavy (non-hydrogen) atoms. The van der Waals surface area contributed by atoms with Gasteiger partial charge in [-0.1, -0.05) is 30.3 Å². The monoisotopic (exact) mass is 467 g/mol. The number of amides is 3. The summed E-state index contributed by atoms with van der Waals surface area (Å²) in [5.41, 5.74) is 0.848. The van der Waals surface area contributed by atoms with Gasteiger partial charge in [0.1, 0.15) is 18.7 Å². The van der Waals surface area contributed by atoms with Crippen LogP contribution in [0, 0.1) is 0 Å². The molecule has 5 N–H and O–H groups in total. The molecule has 3 amide bonds. The van der Waals surface area contributed by atoms with Gasteiger partial charge in [0.2, 0.25) is 0 Å². The molecule has 1 aromatic carbocycles. The number of nitrogens with zero attached hydrogens (tertiary/aromatic N) is 1. The highest BCUT2D eigenvalue weighted by atomic mass is 16.6. The van der Waals surface area contributed by atoms with E-state index in [0.717, 1.165) is 5.56 Å². The number of ether oxygens (including phenoxy) is 1. The van der Waals surface area contributed by atoms with E-state index < -0.39 is 48.5 Å². The van der Waals surface area contributed by atoms with Gasteiger partial charge in [0.05, 0.1) is 0 Å². The average molecular weight is 467 g/mol. The van der Waals surface area contributed by atoms with E-state index in [1.165, 1.54) is 4.90 Å². The van der Waals surface area contributed by atoms with Crippen LogP contribution in [0.3, 0.4) is 0 Å². The van der Waals surface area contributed by atoms with Crippen molar-refractivity contribution in [3.05, 3.63) is 35.9 Å². The number of carbonyl (C=O) groups excluding carboxylic acids is 2. The molecule has 2 atom stereocenters. The van der Waals surface area contributed by atoms with Crippen LogP contribution in [0.5, 0.6) is 0 Å². The first-order chi connectivity index (χ1) is 15.6. The van der Waals surface area contributed by atoms with Crippen molar-refractivity contribution in [1.82, 2.24) is 15.5 Å². The summed E-state index contributed by atoms with van der Waals surface area (Å²) in [6.07, 6.45) is -0.492. The largest absolute Gasteiger partial charge is 0.481 e. The Kier molecular flexibility index (Phi) is 11.8. The van der Waals surface area contributed by atoms with Crippen LogP contribution in [-0.4, -0.2) is 75.9 Å². The minimum atomic E-state index is -1.47. The molecule has 0 bridgehead atoms. The Morgan fingerprint density at radius 3 is 2.03 bits per heavy atom. The smallest absolute Gasteiger partial charge is 0.409 e. The first-order valence-corrected chi connectivity index (χ1v) is 10.3. The normalized spacial score (nSPS) is 12.2. The minimum Gasteiger partial charge on any atom is -0.481 e. The molecule has 0 fully saturated rings. The topological polar surface area (TPSA) is 183 Å². The summed E-state index contributed by atoms with van der Waals surface area (Å²) in [6.45, 7) is 0.441. The number of aliphatic carboxylic acids is 3. The Morgan fingerprint density at radius 1 is 0.909 bits per heavy atom. The molecule has 12 heteroatoms. The number of nitrogens with one attached hydrogen (secondary N) is 2. The van der Waals surface area contributed by atoms with Crippen LogP contribution in [-0.2, 0) is 25.7 Å². The molecule has 2 unspecified atom stereocenters. The predicted octanol–water partition coefficient (Wildman–Crippen LogP) is 1.50. The molecule has 0 saturated heterocycles. The molecule has 12 nitrogen and oxygen atoms in total. The van der Waals surface area contributed by atoms with Crippen LogP contribution >= 0.6 is 0 Å². The standard InChI is InChI=1S/C21H29N3O9/c1-24(21(32)33-13-14-7-3-2-4-8-14)12-6-5-9-15(18(27)28)22-20(31)23-16(19(29)30)10-11-17(25)26/h2-4,7-8,15-16H,5-6,9-13H2,1H3,(H,25,26)(H,27,28)(H,29,30)(H2,22,23,31). The molecule has 1 aromatic rings. The fourth-order valence-electron chi connectivity index (χ4n) is 2.76. The van der Waals surface area contributed by atoms with Gasteiger partial charge in [-0.15, -0.1) is 0 Å². The summed E-state index contributed by atoms with van der Waals surface area (Å²) in [5.74, 6) is -3.96. The van der Waals surface area contributed by atoms with Gasteiger partial charge >= 0.3 is 30.0 Å². The molecule has 182 valence electrons. The average Bonchev–Trinajstić information content (AvgIpc) is 2.76. The Bertz CT molecular complexity index is 816. The summed E-state index contributed by atoms with van der Waals surface area (Å²) < 4.78 is 5.19. The lowest BCUT2D eigenvalue weighted by molar-refractivity contribution is -0.140. The second-order valence-corrected chi connectivity index (χ2v) is 7.29. The molecular weight excluding hydrogens is 438 g/mol. The highest BCUT2D eigenvalue weighted by Crippen LogP contribution is 2.06. The fraction of sp³-hybridized carbons (Fsp3) is 0.476. The maximum absolute atomic E-state index is 12.0. The quantitative estimate of drug-likeness (QED) is 0.253. The van der Waals surface area contributed by atoms with Gasteiger partial charge in [-0.3, -0.25) is 4.79 Å². The maximum Gasteiger partial charge on any atom is 0.409 e. The van der Waals surface area contributed by atoms with Crippen molar-refractivity contribution in [2.75, 3.05) is 13.6 Å². The lowest BCUT2D eigenvalue weighted by Crippen LogP contribution is -2.51. The molecule has 1 rings (SSSR count). The van der Waals surface area contributed by atoms with Crippen LogP contribution in [0.25, 0.3) is 0 Å². The lowest BCUT2D eigenvalue weighted by atomic mass is 10.1. The Balaban J connectivity index is 2.39. The van der Waals surface area contributed by atoms with Crippen LogP contribution < -0.4 is 10.6 Å². The molecule has 0 aliphatic carbocycles. The van der Waals surface area contributed by atoms with Gasteiger partial charge in [0.25, 0.3) is 0 Å². The summed E-state index contributed by atoms with van der Waals surface area (Å²) in [7, 11) is 1.55. The number of carboxylic acids is 3. The highest BCUT2D eigenvalue weighted by Gasteiger charge is 2.24. The van der Waals surface area contributed by atoms with Crippen molar-refractivity contribution < 1.29 is 44.0 Å². The van der Waals surface area contributed by atoms with E-state index in [9.17, 15) is 29.1 Å². The van der Waals surface area contributed by atoms with E-state index in [1.807, 2.05) is 30.3 Å². The summed E-state index contributed by atoms with van der Waals surface area (Å²) in [6, 6.07) is 5.39. The van der Waals surface area contributed by atoms with E-state index in [1.54, 1.807) is 7.05 Å². The second kappa shape index (κ2) is 14.3.